The van der Waals surface area contributed by atoms with Gasteiger partial charge in [0.15, 0.2) is 0 Å². The molecule has 0 aromatic rings. The predicted molar refractivity (Wildman–Crippen MR) is 148 cm³/mol. The van der Waals surface area contributed by atoms with Gasteiger partial charge in [0.25, 0.3) is 6.43 Å². The lowest BCUT2D eigenvalue weighted by Crippen LogP contribution is -2.59. The first-order valence-electron chi connectivity index (χ1n) is 14.3. The van der Waals surface area contributed by atoms with Gasteiger partial charge in [-0.3, -0.25) is 14.9 Å². The first-order valence-corrected chi connectivity index (χ1v) is 15.7. The molecule has 12 unspecified atom stereocenters. The van der Waals surface area contributed by atoms with Crippen LogP contribution in [0, 0.1) is 17.8 Å². The van der Waals surface area contributed by atoms with Crippen molar-refractivity contribution in [2.24, 2.45) is 17.8 Å². The topological polar surface area (TPSA) is 107 Å². The molecule has 5 aliphatic rings. The van der Waals surface area contributed by atoms with Crippen molar-refractivity contribution in [2.75, 3.05) is 33.3 Å². The molecule has 222 valence electrons. The Morgan fingerprint density at radius 3 is 2.56 bits per heavy atom. The summed E-state index contributed by atoms with van der Waals surface area (Å²) in [5.41, 5.74) is -0.251. The van der Waals surface area contributed by atoms with Crippen molar-refractivity contribution in [3.63, 3.8) is 0 Å². The van der Waals surface area contributed by atoms with Crippen LogP contribution in [0.1, 0.15) is 39.5 Å². The van der Waals surface area contributed by atoms with Gasteiger partial charge in [-0.25, -0.2) is 8.78 Å². The number of thioether (sulfide) groups is 1. The van der Waals surface area contributed by atoms with E-state index in [-0.39, 0.29) is 76.0 Å². The molecule has 13 heteroatoms. The fourth-order valence-corrected chi connectivity index (χ4v) is 8.92. The number of likely N-dealkylation sites (tertiary alicyclic amines) is 1. The maximum absolute atomic E-state index is 13.6. The molecular formula is C26H43ClF2N6O3S. The Morgan fingerprint density at radius 1 is 1.05 bits per heavy atom. The maximum Gasteiger partial charge on any atom is 0.253 e. The quantitative estimate of drug-likeness (QED) is 0.290. The monoisotopic (exact) mass is 592 g/mol. The molecule has 9 nitrogen and oxygen atoms in total. The number of carbonyl (C=O) groups excluding carboxylic acids is 2. The minimum Gasteiger partial charge on any atom is -0.380 e. The third kappa shape index (κ3) is 6.52. The van der Waals surface area contributed by atoms with Gasteiger partial charge in [0.2, 0.25) is 11.8 Å². The van der Waals surface area contributed by atoms with E-state index in [4.69, 9.17) is 16.3 Å². The molecule has 12 atom stereocenters. The normalized spacial score (nSPS) is 44.8. The maximum atomic E-state index is 13.6. The summed E-state index contributed by atoms with van der Waals surface area (Å²) in [6.45, 7) is 6.24. The Labute approximate surface area is 239 Å². The van der Waals surface area contributed by atoms with Gasteiger partial charge in [-0.1, -0.05) is 0 Å². The van der Waals surface area contributed by atoms with Gasteiger partial charge in [-0.15, -0.1) is 23.4 Å². The van der Waals surface area contributed by atoms with Crippen LogP contribution in [0.3, 0.4) is 0 Å². The summed E-state index contributed by atoms with van der Waals surface area (Å²) >= 11 is 8.13. The SMILES string of the molecule is COC1CNC(C(F)F)CC1C1CC(C)NCC1C(=O)NC1NC2CN(C(=O)C3NC(C)CCC3Cl)CC2S1. The van der Waals surface area contributed by atoms with Crippen LogP contribution in [0.15, 0.2) is 0 Å². The summed E-state index contributed by atoms with van der Waals surface area (Å²) < 4.78 is 32.9. The Kier molecular flexibility index (Phi) is 9.62. The van der Waals surface area contributed by atoms with Gasteiger partial charge in [-0.05, 0) is 51.4 Å². The zero-order chi connectivity index (χ0) is 27.8. The van der Waals surface area contributed by atoms with Crippen LogP contribution in [-0.2, 0) is 14.3 Å². The predicted octanol–water partition coefficient (Wildman–Crippen LogP) is 0.922. The lowest BCUT2D eigenvalue weighted by molar-refractivity contribution is -0.133. The highest BCUT2D eigenvalue weighted by atomic mass is 35.5. The molecule has 0 aromatic heterocycles. The molecule has 5 saturated heterocycles. The van der Waals surface area contributed by atoms with Crippen LogP contribution in [0.4, 0.5) is 8.78 Å². The number of methoxy groups -OCH3 is 1. The van der Waals surface area contributed by atoms with E-state index in [0.717, 1.165) is 19.3 Å². The van der Waals surface area contributed by atoms with Crippen molar-refractivity contribution in [1.29, 1.82) is 0 Å². The Morgan fingerprint density at radius 2 is 1.85 bits per heavy atom. The number of hydrogen-bond donors (Lipinski definition) is 5. The minimum atomic E-state index is -2.45. The fraction of sp³-hybridized carbons (Fsp3) is 0.923. The van der Waals surface area contributed by atoms with E-state index in [1.165, 1.54) is 0 Å². The van der Waals surface area contributed by atoms with E-state index in [0.29, 0.717) is 32.6 Å². The van der Waals surface area contributed by atoms with Crippen LogP contribution in [0.5, 0.6) is 0 Å². The molecule has 0 radical (unpaired) electrons. The highest BCUT2D eigenvalue weighted by Crippen LogP contribution is 2.39. The molecule has 5 heterocycles. The number of nitrogens with zero attached hydrogens (tertiary/aromatic N) is 1. The minimum absolute atomic E-state index is 0.0533. The molecule has 0 spiro atoms. The second-order valence-corrected chi connectivity index (χ2v) is 14.0. The smallest absolute Gasteiger partial charge is 0.253 e. The summed E-state index contributed by atoms with van der Waals surface area (Å²) in [4.78, 5) is 28.7. The molecule has 5 rings (SSSR count). The summed E-state index contributed by atoms with van der Waals surface area (Å²) in [5, 5.41) is 16.4. The molecule has 0 bridgehead atoms. The van der Waals surface area contributed by atoms with Crippen molar-refractivity contribution in [3.05, 3.63) is 0 Å². The van der Waals surface area contributed by atoms with E-state index in [1.54, 1.807) is 18.9 Å². The first kappa shape index (κ1) is 29.7. The van der Waals surface area contributed by atoms with Gasteiger partial charge in [0.1, 0.15) is 11.5 Å². The Bertz CT molecular complexity index is 881. The number of alkyl halides is 3. The second-order valence-electron chi connectivity index (χ2n) is 12.1. The van der Waals surface area contributed by atoms with Crippen LogP contribution >= 0.6 is 23.4 Å². The summed E-state index contributed by atoms with van der Waals surface area (Å²) in [6, 6.07) is -0.674. The molecule has 5 fully saturated rings. The second kappa shape index (κ2) is 12.6. The van der Waals surface area contributed by atoms with Crippen LogP contribution in [0.2, 0.25) is 0 Å². The van der Waals surface area contributed by atoms with Gasteiger partial charge in [0.05, 0.1) is 23.4 Å². The average Bonchev–Trinajstić information content (AvgIpc) is 3.48. The van der Waals surface area contributed by atoms with Crippen molar-refractivity contribution >= 4 is 35.2 Å². The van der Waals surface area contributed by atoms with Crippen molar-refractivity contribution in [2.45, 2.75) is 98.4 Å². The molecule has 0 saturated carbocycles. The van der Waals surface area contributed by atoms with Crippen LogP contribution in [0.25, 0.3) is 0 Å². The van der Waals surface area contributed by atoms with Gasteiger partial charge in [0, 0.05) is 56.7 Å². The average molecular weight is 593 g/mol. The van der Waals surface area contributed by atoms with E-state index in [9.17, 15) is 18.4 Å². The lowest BCUT2D eigenvalue weighted by Gasteiger charge is -2.45. The standard InChI is InChI=1S/C26H43ClF2N6O3S/c1-12-4-5-17(27)22(32-12)25(37)35-10-19-21(11-35)39-26(33-19)34-24(36)16-8-30-13(2)6-14(16)15-7-18(23(28)29)31-9-20(15)38-3/h12-23,26,30-33H,4-11H2,1-3H3,(H,34,36). The summed E-state index contributed by atoms with van der Waals surface area (Å²) in [7, 11) is 1.62. The number of nitrogens with one attached hydrogen (secondary N) is 5. The molecule has 5 aliphatic heterocycles. The number of halogens is 3. The van der Waals surface area contributed by atoms with Crippen LogP contribution in [-0.4, -0.2) is 109 Å². The third-order valence-electron chi connectivity index (χ3n) is 9.40. The van der Waals surface area contributed by atoms with Crippen LogP contribution < -0.4 is 26.6 Å². The summed E-state index contributed by atoms with van der Waals surface area (Å²) in [5.74, 6) is -0.519. The number of hydrogen-bond acceptors (Lipinski definition) is 8. The number of ether oxygens (including phenoxy) is 1. The van der Waals surface area contributed by atoms with Crippen molar-refractivity contribution in [1.82, 2.24) is 31.5 Å². The van der Waals surface area contributed by atoms with E-state index < -0.39 is 12.5 Å². The lowest BCUT2D eigenvalue weighted by atomic mass is 9.69. The van der Waals surface area contributed by atoms with Gasteiger partial charge < -0.3 is 30.9 Å². The first-order chi connectivity index (χ1) is 18.6. The molecule has 0 aromatic carbocycles. The number of amides is 2. The molecule has 0 aliphatic carbocycles. The Hall–Kier alpha value is -0.760. The molecule has 39 heavy (non-hydrogen) atoms. The number of carbonyl (C=O) groups is 2. The van der Waals surface area contributed by atoms with Crippen molar-refractivity contribution < 1.29 is 23.1 Å². The van der Waals surface area contributed by atoms with Gasteiger partial charge in [-0.2, -0.15) is 0 Å². The highest BCUT2D eigenvalue weighted by Gasteiger charge is 2.48. The highest BCUT2D eigenvalue weighted by molar-refractivity contribution is 8.00. The molecule has 5 N–H and O–H groups in total. The van der Waals surface area contributed by atoms with Crippen molar-refractivity contribution in [3.8, 4) is 0 Å². The summed E-state index contributed by atoms with van der Waals surface area (Å²) in [6.07, 6.45) is 0.168. The zero-order valence-corrected chi connectivity index (χ0v) is 24.4. The largest absolute Gasteiger partial charge is 0.380 e. The fourth-order valence-electron chi connectivity index (χ4n) is 7.21. The van der Waals surface area contributed by atoms with E-state index in [1.807, 2.05) is 4.90 Å². The third-order valence-corrected chi connectivity index (χ3v) is 11.2. The number of fused-ring (bicyclic) bond motifs is 1. The zero-order valence-electron chi connectivity index (χ0n) is 22.9. The van der Waals surface area contributed by atoms with E-state index in [2.05, 4.69) is 40.4 Å². The number of rotatable bonds is 6. The molecular weight excluding hydrogens is 550 g/mol. The number of piperidine rings is 3. The van der Waals surface area contributed by atoms with E-state index >= 15 is 0 Å². The molecule has 2 amide bonds. The van der Waals surface area contributed by atoms with Gasteiger partial charge >= 0.3 is 0 Å². The Balaban J connectivity index is 1.18.